The number of carbonyl (C=O) groups is 14. The molecule has 0 spiro atoms. The van der Waals surface area contributed by atoms with E-state index >= 15 is 0 Å². The van der Waals surface area contributed by atoms with Crippen molar-refractivity contribution in [2.75, 3.05) is 22.5 Å². The van der Waals surface area contributed by atoms with Gasteiger partial charge in [0.2, 0.25) is 24.4 Å². The van der Waals surface area contributed by atoms with E-state index in [0.717, 1.165) is 37.8 Å². The number of hydrogen-bond donors (Lipinski definition) is 1. The summed E-state index contributed by atoms with van der Waals surface area (Å²) in [4.78, 5) is 168. The van der Waals surface area contributed by atoms with Crippen molar-refractivity contribution in [1.82, 2.24) is 14.9 Å². The van der Waals surface area contributed by atoms with E-state index in [0.29, 0.717) is 17.9 Å². The predicted octanol–water partition coefficient (Wildman–Crippen LogP) is 7.83. The van der Waals surface area contributed by atoms with Crippen molar-refractivity contribution in [3.8, 4) is 0 Å². The summed E-state index contributed by atoms with van der Waals surface area (Å²) in [5.74, 6) is -6.06. The first-order valence-electron chi connectivity index (χ1n) is 25.5. The SMILES string of the molecule is C.C.C.C.CC.Cc1ccc(SSCCC(C(=O)OC2C(=O)CCC2=O)S(=O)(=O)O)nc1.O=C(CCCI)OC1C(=O)CCC1=O.O=C(CCCSSc1ccccn1)OC1C(=O)CCC1=O.O=C(CCN1C(=O)C=CC1=O)OC1C(=O)CCC1=O. The monoisotopic (exact) mass is 1410 g/mol. The van der Waals surface area contributed by atoms with Crippen molar-refractivity contribution < 1.29 is 99.0 Å². The quantitative estimate of drug-likeness (QED) is 0.0127. The number of amides is 2. The fourth-order valence-corrected chi connectivity index (χ4v) is 12.2. The Labute approximate surface area is 531 Å². The highest BCUT2D eigenvalue weighted by Crippen LogP contribution is 2.32. The number of carbonyl (C=O) groups excluding carboxylic acids is 14. The Balaban J connectivity index is 0. The van der Waals surface area contributed by atoms with Crippen LogP contribution >= 0.6 is 65.8 Å². The Bertz CT molecular complexity index is 2740. The van der Waals surface area contributed by atoms with Crippen LogP contribution in [0.1, 0.15) is 139 Å². The number of aryl methyl sites for hydroxylation is 1. The van der Waals surface area contributed by atoms with E-state index < -0.39 is 98.6 Å². The van der Waals surface area contributed by atoms with Crippen molar-refractivity contribution in [2.45, 2.75) is 180 Å². The van der Waals surface area contributed by atoms with Crippen molar-refractivity contribution in [3.05, 3.63) is 60.4 Å². The maximum Gasteiger partial charge on any atom is 0.328 e. The highest BCUT2D eigenvalue weighted by Gasteiger charge is 2.41. The van der Waals surface area contributed by atoms with Crippen LogP contribution in [0.2, 0.25) is 0 Å². The molecule has 2 aromatic rings. The van der Waals surface area contributed by atoms with Crippen LogP contribution in [-0.4, -0.2) is 162 Å². The van der Waals surface area contributed by atoms with Gasteiger partial charge < -0.3 is 18.9 Å². The Morgan fingerprint density at radius 1 is 0.581 bits per heavy atom. The van der Waals surface area contributed by atoms with Gasteiger partial charge in [0.05, 0.1) is 6.42 Å². The van der Waals surface area contributed by atoms with Crippen LogP contribution in [0, 0.1) is 6.92 Å². The maximum atomic E-state index is 12.0. The van der Waals surface area contributed by atoms with Gasteiger partial charge in [-0.1, -0.05) is 99.9 Å². The molecule has 0 bridgehead atoms. The lowest BCUT2D eigenvalue weighted by atomic mass is 10.2. The first-order valence-corrected chi connectivity index (χ1v) is 33.1. The van der Waals surface area contributed by atoms with Crippen LogP contribution in [0.3, 0.4) is 0 Å². The molecule has 7 rings (SSSR count). The van der Waals surface area contributed by atoms with Gasteiger partial charge in [-0.15, -0.1) is 0 Å². The molecule has 0 radical (unpaired) electrons. The molecule has 1 unspecified atom stereocenters. The van der Waals surface area contributed by atoms with Crippen molar-refractivity contribution in [3.63, 3.8) is 0 Å². The van der Waals surface area contributed by atoms with E-state index in [4.69, 9.17) is 18.9 Å². The van der Waals surface area contributed by atoms with E-state index in [-0.39, 0.29) is 142 Å². The summed E-state index contributed by atoms with van der Waals surface area (Å²) >= 11 is 2.15. The maximum absolute atomic E-state index is 12.0. The van der Waals surface area contributed by atoms with Crippen LogP contribution < -0.4 is 0 Å². The fraction of sp³-hybridized carbons (Fsp3) is 0.536. The minimum Gasteiger partial charge on any atom is -0.446 e. The van der Waals surface area contributed by atoms with Crippen molar-refractivity contribution >= 4 is 158 Å². The Morgan fingerprint density at radius 2 is 0.977 bits per heavy atom. The van der Waals surface area contributed by atoms with E-state index in [1.54, 1.807) is 40.0 Å². The minimum absolute atomic E-state index is 0. The molecule has 1 atom stereocenters. The molecule has 0 saturated heterocycles. The number of rotatable bonds is 23. The zero-order valence-corrected chi connectivity index (χ0v) is 50.9. The fourth-order valence-electron chi connectivity index (χ4n) is 7.03. The Kier molecular flexibility index (Phi) is 41.4. The molecule has 24 nitrogen and oxygen atoms in total. The molecule has 5 aliphatic rings. The molecule has 478 valence electrons. The number of aromatic nitrogens is 2. The number of alkyl halides is 1. The van der Waals surface area contributed by atoms with Gasteiger partial charge in [0.25, 0.3) is 21.9 Å². The summed E-state index contributed by atoms with van der Waals surface area (Å²) in [6.45, 7) is 5.77. The summed E-state index contributed by atoms with van der Waals surface area (Å²) in [7, 11) is 0.980. The second-order valence-electron chi connectivity index (χ2n) is 17.4. The van der Waals surface area contributed by atoms with Crippen LogP contribution in [0.5, 0.6) is 0 Å². The molecular formula is C56H76IN3O21S5. The lowest BCUT2D eigenvalue weighted by Crippen LogP contribution is -2.38. The molecule has 2 aromatic heterocycles. The number of esters is 4. The number of imide groups is 1. The highest BCUT2D eigenvalue weighted by atomic mass is 127. The zero-order chi connectivity index (χ0) is 60.9. The second-order valence-corrected chi connectivity index (χ2v) is 25.0. The number of halogens is 1. The van der Waals surface area contributed by atoms with Crippen LogP contribution in [-0.2, 0) is 96.2 Å². The molecular weight excluding hydrogens is 1340 g/mol. The molecule has 4 fully saturated rings. The summed E-state index contributed by atoms with van der Waals surface area (Å²) in [6, 6.07) is 9.38. The number of pyridine rings is 2. The number of nitrogens with zero attached hydrogens (tertiary/aromatic N) is 3. The third-order valence-corrected chi connectivity index (χ3v) is 17.8. The summed E-state index contributed by atoms with van der Waals surface area (Å²) in [5.41, 5.74) is 1.00. The average molecular weight is 1410 g/mol. The van der Waals surface area contributed by atoms with Crippen LogP contribution in [0.15, 0.2) is 64.9 Å². The van der Waals surface area contributed by atoms with Gasteiger partial charge in [0, 0.05) is 111 Å². The molecule has 2 amide bonds. The molecule has 30 heteroatoms. The van der Waals surface area contributed by atoms with E-state index in [2.05, 4.69) is 32.6 Å². The zero-order valence-electron chi connectivity index (χ0n) is 44.7. The molecule has 1 N–H and O–H groups in total. The number of hydrogen-bond acceptors (Lipinski definition) is 26. The number of ether oxygens (including phenoxy) is 4. The van der Waals surface area contributed by atoms with Gasteiger partial charge in [-0.2, -0.15) is 8.42 Å². The molecule has 4 aliphatic carbocycles. The summed E-state index contributed by atoms with van der Waals surface area (Å²) in [5, 5.41) is -0.205. The summed E-state index contributed by atoms with van der Waals surface area (Å²) in [6.07, 6.45) is 2.80. The Morgan fingerprint density at radius 3 is 1.36 bits per heavy atom. The van der Waals surface area contributed by atoms with Crippen molar-refractivity contribution in [2.24, 2.45) is 0 Å². The van der Waals surface area contributed by atoms with E-state index in [9.17, 15) is 80.1 Å². The van der Waals surface area contributed by atoms with E-state index in [1.807, 2.05) is 45.0 Å². The van der Waals surface area contributed by atoms with E-state index in [1.165, 1.54) is 21.6 Å². The lowest BCUT2D eigenvalue weighted by molar-refractivity contribution is -0.158. The van der Waals surface area contributed by atoms with Gasteiger partial charge in [0.15, 0.2) is 51.5 Å². The van der Waals surface area contributed by atoms with Gasteiger partial charge in [-0.3, -0.25) is 76.6 Å². The average Bonchev–Trinajstić information content (AvgIpc) is 4.33. The van der Waals surface area contributed by atoms with Crippen LogP contribution in [0.4, 0.5) is 0 Å². The third kappa shape index (κ3) is 29.0. The predicted molar refractivity (Wildman–Crippen MR) is 332 cm³/mol. The molecule has 4 saturated carbocycles. The van der Waals surface area contributed by atoms with Gasteiger partial charge >= 0.3 is 23.9 Å². The third-order valence-electron chi connectivity index (χ3n) is 11.3. The van der Waals surface area contributed by atoms with Crippen LogP contribution in [0.25, 0.3) is 0 Å². The Hall–Kier alpha value is -5.54. The van der Waals surface area contributed by atoms with Gasteiger partial charge in [0.1, 0.15) is 10.1 Å². The molecule has 0 aromatic carbocycles. The largest absolute Gasteiger partial charge is 0.446 e. The first kappa shape index (κ1) is 82.5. The molecule has 1 aliphatic heterocycles. The topological polar surface area (TPSA) is 359 Å². The minimum atomic E-state index is -4.73. The number of ketones is 8. The smallest absolute Gasteiger partial charge is 0.328 e. The summed E-state index contributed by atoms with van der Waals surface area (Å²) < 4.78 is 52.3. The lowest BCUT2D eigenvalue weighted by Gasteiger charge is -2.15. The first-order chi connectivity index (χ1) is 39.0. The van der Waals surface area contributed by atoms with Gasteiger partial charge in [-0.05, 0) is 71.5 Å². The second kappa shape index (κ2) is 43.2. The standard InChI is InChI=1S/C15H17NO7S3.C14H15NO4S2.C12H11NO6.C9H11IO4.C2H6.4CH4/c1-9-2-5-13(16-8-9)25-24-7-6-12(26(20,21)22)15(19)23-14-10(17)3-4-11(14)18;16-10-6-7-11(17)14(10)19-13(18)5-3-9-20-21-12-4-1-2-8-15-12;14-7-1-2-8(15)12(7)19-11(18)5-6-13-9(16)3-4-10(13)17;10-5-1-2-8(13)14-9-6(11)3-4-7(9)12;1-2;;;;/h2,5,8,12,14H,3-4,6-7H2,1H3,(H,20,21,22);1-2,4,8,14H,3,5-7,9H2;3-4,12H,1-2,5-6H2;9H,1-5H2;1-2H3;4*1H4. The highest BCUT2D eigenvalue weighted by molar-refractivity contribution is 14.1. The molecule has 3 heterocycles. The molecule has 86 heavy (non-hydrogen) atoms. The normalized spacial score (nSPS) is 16.1. The van der Waals surface area contributed by atoms with Gasteiger partial charge in [-0.25, -0.2) is 9.97 Å². The number of Topliss-reactive ketones (excluding diaryl/α,β-unsaturated/α-hetero) is 8. The van der Waals surface area contributed by atoms with Crippen molar-refractivity contribution in [1.29, 1.82) is 0 Å².